The first-order chi connectivity index (χ1) is 13.1. The fourth-order valence-corrected chi connectivity index (χ4v) is 3.28. The third kappa shape index (κ3) is 3.49. The lowest BCUT2D eigenvalue weighted by molar-refractivity contribution is 0.863. The monoisotopic (exact) mass is 393 g/mol. The molecule has 0 bridgehead atoms. The Balaban J connectivity index is 1.67. The van der Waals surface area contributed by atoms with Gasteiger partial charge in [-0.05, 0) is 36.8 Å². The van der Waals surface area contributed by atoms with E-state index in [4.69, 9.17) is 23.8 Å². The Morgan fingerprint density at radius 1 is 1.07 bits per heavy atom. The average molecular weight is 394 g/mol. The van der Waals surface area contributed by atoms with Gasteiger partial charge < -0.3 is 4.98 Å². The van der Waals surface area contributed by atoms with Crippen LogP contribution in [0.25, 0.3) is 16.9 Å². The molecule has 0 aliphatic heterocycles. The van der Waals surface area contributed by atoms with Crippen molar-refractivity contribution in [2.75, 3.05) is 0 Å². The van der Waals surface area contributed by atoms with Gasteiger partial charge in [-0.15, -0.1) is 0 Å². The Bertz CT molecular complexity index is 1160. The number of para-hydroxylation sites is 1. The van der Waals surface area contributed by atoms with Gasteiger partial charge in [0, 0.05) is 0 Å². The maximum absolute atomic E-state index is 6.54. The van der Waals surface area contributed by atoms with Crippen molar-refractivity contribution in [3.8, 4) is 16.9 Å². The molecule has 2 heterocycles. The number of nitrogens with zero attached hydrogens (tertiary/aromatic N) is 4. The standard InChI is InChI=1S/C20H16ClN5S/c1-14-17(19(21)26(24-14)16-10-6-3-7-11-16)12-22-25-13-18(23-20(25)27)15-8-4-2-5-9-15/h2-13H,1H3,(H,23,27)/b22-12+. The van der Waals surface area contributed by atoms with Gasteiger partial charge >= 0.3 is 0 Å². The molecular formula is C20H16ClN5S. The highest BCUT2D eigenvalue weighted by atomic mass is 35.5. The van der Waals surface area contributed by atoms with E-state index in [0.29, 0.717) is 9.92 Å². The number of aromatic nitrogens is 4. The number of H-pyrrole nitrogens is 1. The maximum Gasteiger partial charge on any atom is 0.198 e. The third-order valence-electron chi connectivity index (χ3n) is 4.15. The van der Waals surface area contributed by atoms with Crippen molar-refractivity contribution in [1.82, 2.24) is 19.4 Å². The summed E-state index contributed by atoms with van der Waals surface area (Å²) in [5, 5.41) is 9.49. The van der Waals surface area contributed by atoms with Crippen molar-refractivity contribution < 1.29 is 0 Å². The molecule has 134 valence electrons. The van der Waals surface area contributed by atoms with E-state index in [2.05, 4.69) is 15.2 Å². The second kappa shape index (κ2) is 7.34. The van der Waals surface area contributed by atoms with Gasteiger partial charge in [-0.3, -0.25) is 0 Å². The molecule has 0 unspecified atom stereocenters. The van der Waals surface area contributed by atoms with Crippen LogP contribution in [-0.4, -0.2) is 25.7 Å². The normalized spacial score (nSPS) is 11.3. The Kier molecular flexibility index (Phi) is 4.75. The highest BCUT2D eigenvalue weighted by molar-refractivity contribution is 7.71. The van der Waals surface area contributed by atoms with Crippen molar-refractivity contribution in [2.45, 2.75) is 6.92 Å². The number of aryl methyl sites for hydroxylation is 1. The van der Waals surface area contributed by atoms with Crippen LogP contribution in [0.15, 0.2) is 72.0 Å². The number of hydrogen-bond acceptors (Lipinski definition) is 3. The molecule has 0 saturated carbocycles. The minimum Gasteiger partial charge on any atom is -0.329 e. The quantitative estimate of drug-likeness (QED) is 0.380. The van der Waals surface area contributed by atoms with Crippen molar-refractivity contribution in [2.24, 2.45) is 5.10 Å². The van der Waals surface area contributed by atoms with E-state index >= 15 is 0 Å². The smallest absolute Gasteiger partial charge is 0.198 e. The lowest BCUT2D eigenvalue weighted by Crippen LogP contribution is -1.96. The molecule has 0 amide bonds. The minimum atomic E-state index is 0.507. The summed E-state index contributed by atoms with van der Waals surface area (Å²) < 4.78 is 3.83. The Hall–Kier alpha value is -2.96. The summed E-state index contributed by atoms with van der Waals surface area (Å²) >= 11 is 11.9. The van der Waals surface area contributed by atoms with Gasteiger partial charge in [0.15, 0.2) is 4.77 Å². The first-order valence-electron chi connectivity index (χ1n) is 8.35. The summed E-state index contributed by atoms with van der Waals surface area (Å²) in [6, 6.07) is 19.7. The third-order valence-corrected chi connectivity index (χ3v) is 4.80. The number of halogens is 1. The summed E-state index contributed by atoms with van der Waals surface area (Å²) in [6.07, 6.45) is 3.54. The molecule has 0 spiro atoms. The Labute approximate surface area is 166 Å². The summed E-state index contributed by atoms with van der Waals surface area (Å²) in [4.78, 5) is 3.17. The second-order valence-corrected chi connectivity index (χ2v) is 6.71. The molecule has 5 nitrogen and oxygen atoms in total. The van der Waals surface area contributed by atoms with Gasteiger partial charge in [0.2, 0.25) is 0 Å². The number of rotatable bonds is 4. The number of benzene rings is 2. The zero-order valence-electron chi connectivity index (χ0n) is 14.5. The van der Waals surface area contributed by atoms with Crippen molar-refractivity contribution in [3.05, 3.63) is 88.0 Å². The van der Waals surface area contributed by atoms with Crippen LogP contribution in [0.3, 0.4) is 0 Å². The topological polar surface area (TPSA) is 50.9 Å². The molecule has 1 N–H and O–H groups in total. The van der Waals surface area contributed by atoms with Crippen LogP contribution in [0.1, 0.15) is 11.3 Å². The van der Waals surface area contributed by atoms with E-state index in [0.717, 1.165) is 28.2 Å². The molecule has 0 fully saturated rings. The van der Waals surface area contributed by atoms with E-state index < -0.39 is 0 Å². The number of aromatic amines is 1. The lowest BCUT2D eigenvalue weighted by Gasteiger charge is -2.01. The molecule has 7 heteroatoms. The fraction of sp³-hybridized carbons (Fsp3) is 0.0500. The van der Waals surface area contributed by atoms with E-state index in [1.165, 1.54) is 0 Å². The summed E-state index contributed by atoms with van der Waals surface area (Å²) in [7, 11) is 0. The Morgan fingerprint density at radius 3 is 2.44 bits per heavy atom. The molecule has 0 atom stereocenters. The van der Waals surface area contributed by atoms with E-state index in [1.807, 2.05) is 73.8 Å². The van der Waals surface area contributed by atoms with Gasteiger partial charge in [-0.25, -0.2) is 9.36 Å². The first-order valence-corrected chi connectivity index (χ1v) is 9.14. The van der Waals surface area contributed by atoms with E-state index in [1.54, 1.807) is 15.6 Å². The maximum atomic E-state index is 6.54. The van der Waals surface area contributed by atoms with Gasteiger partial charge in [-0.1, -0.05) is 60.1 Å². The summed E-state index contributed by atoms with van der Waals surface area (Å²) in [5.41, 5.74) is 4.39. The molecule has 4 aromatic rings. The molecular weight excluding hydrogens is 378 g/mol. The van der Waals surface area contributed by atoms with Crippen LogP contribution in [0.4, 0.5) is 0 Å². The molecule has 4 rings (SSSR count). The minimum absolute atomic E-state index is 0.507. The number of imidazole rings is 1. The number of nitrogens with one attached hydrogen (secondary N) is 1. The molecule has 0 saturated heterocycles. The van der Waals surface area contributed by atoms with Gasteiger partial charge in [0.25, 0.3) is 0 Å². The van der Waals surface area contributed by atoms with E-state index in [9.17, 15) is 0 Å². The predicted octanol–water partition coefficient (Wildman–Crippen LogP) is 5.24. The Morgan fingerprint density at radius 2 is 1.74 bits per heavy atom. The van der Waals surface area contributed by atoms with Crippen LogP contribution in [0, 0.1) is 11.7 Å². The molecule has 0 radical (unpaired) electrons. The molecule has 2 aromatic carbocycles. The zero-order valence-corrected chi connectivity index (χ0v) is 16.1. The van der Waals surface area contributed by atoms with Crippen LogP contribution < -0.4 is 0 Å². The van der Waals surface area contributed by atoms with Crippen LogP contribution in [-0.2, 0) is 0 Å². The molecule has 2 aromatic heterocycles. The average Bonchev–Trinajstić information content (AvgIpc) is 3.21. The van der Waals surface area contributed by atoms with E-state index in [-0.39, 0.29) is 0 Å². The number of hydrogen-bond donors (Lipinski definition) is 1. The summed E-state index contributed by atoms with van der Waals surface area (Å²) in [6.45, 7) is 1.90. The van der Waals surface area contributed by atoms with Gasteiger partial charge in [-0.2, -0.15) is 10.2 Å². The van der Waals surface area contributed by atoms with Crippen LogP contribution >= 0.6 is 23.8 Å². The van der Waals surface area contributed by atoms with Crippen molar-refractivity contribution in [1.29, 1.82) is 0 Å². The highest BCUT2D eigenvalue weighted by Gasteiger charge is 2.13. The van der Waals surface area contributed by atoms with Crippen LogP contribution in [0.2, 0.25) is 5.15 Å². The second-order valence-electron chi connectivity index (χ2n) is 5.97. The van der Waals surface area contributed by atoms with Gasteiger partial charge in [0.1, 0.15) is 5.15 Å². The predicted molar refractivity (Wildman–Crippen MR) is 111 cm³/mol. The van der Waals surface area contributed by atoms with Crippen molar-refractivity contribution in [3.63, 3.8) is 0 Å². The summed E-state index contributed by atoms with van der Waals surface area (Å²) in [5.74, 6) is 0. The van der Waals surface area contributed by atoms with Gasteiger partial charge in [0.05, 0.1) is 35.1 Å². The molecule has 0 aliphatic carbocycles. The SMILES string of the molecule is Cc1nn(-c2ccccc2)c(Cl)c1/C=N/n1cc(-c2ccccc2)[nH]c1=S. The fourth-order valence-electron chi connectivity index (χ4n) is 2.75. The van der Waals surface area contributed by atoms with Crippen LogP contribution in [0.5, 0.6) is 0 Å². The largest absolute Gasteiger partial charge is 0.329 e. The highest BCUT2D eigenvalue weighted by Crippen LogP contribution is 2.22. The molecule has 27 heavy (non-hydrogen) atoms. The first kappa shape index (κ1) is 17.5. The zero-order chi connectivity index (χ0) is 18.8. The van der Waals surface area contributed by atoms with Crippen molar-refractivity contribution >= 4 is 30.0 Å². The molecule has 0 aliphatic rings. The lowest BCUT2D eigenvalue weighted by atomic mass is 10.2.